The highest BCUT2D eigenvalue weighted by Crippen LogP contribution is 2.34. The van der Waals surface area contributed by atoms with Gasteiger partial charge in [-0.1, -0.05) is 15.9 Å². The number of nitrogen functional groups attached to an aromatic ring is 1. The van der Waals surface area contributed by atoms with Gasteiger partial charge in [0.2, 0.25) is 0 Å². The van der Waals surface area contributed by atoms with Gasteiger partial charge in [0.1, 0.15) is 11.5 Å². The predicted octanol–water partition coefficient (Wildman–Crippen LogP) is 3.60. The molecule has 5 nitrogen and oxygen atoms in total. The molecule has 2 rings (SSSR count). The maximum atomic E-state index is 12.0. The standard InChI is InChI=1S/C11H7Br3N4O/c12-5-1-6(13)10(7(14)2-5)18-11(19)8-3-16-4-9(15)17-8/h1-4H,(H2,15,17)(H,18,19). The highest BCUT2D eigenvalue weighted by atomic mass is 79.9. The first-order valence-corrected chi connectivity index (χ1v) is 7.38. The summed E-state index contributed by atoms with van der Waals surface area (Å²) in [6.45, 7) is 0. The van der Waals surface area contributed by atoms with Gasteiger partial charge < -0.3 is 11.1 Å². The summed E-state index contributed by atoms with van der Waals surface area (Å²) >= 11 is 10.1. The number of anilines is 2. The molecule has 0 unspecified atom stereocenters. The second kappa shape index (κ2) is 5.98. The molecule has 0 atom stereocenters. The molecule has 0 spiro atoms. The molecule has 0 aliphatic rings. The van der Waals surface area contributed by atoms with Crippen LogP contribution < -0.4 is 11.1 Å². The fourth-order valence-corrected chi connectivity index (χ4v) is 3.79. The van der Waals surface area contributed by atoms with Crippen LogP contribution in [0.4, 0.5) is 11.5 Å². The van der Waals surface area contributed by atoms with E-state index in [0.717, 1.165) is 13.4 Å². The Morgan fingerprint density at radius 2 is 1.79 bits per heavy atom. The van der Waals surface area contributed by atoms with Crippen molar-refractivity contribution >= 4 is 65.2 Å². The van der Waals surface area contributed by atoms with E-state index in [1.807, 2.05) is 12.1 Å². The second-order valence-corrected chi connectivity index (χ2v) is 6.15. The molecule has 1 aromatic carbocycles. The third kappa shape index (κ3) is 3.52. The van der Waals surface area contributed by atoms with Crippen molar-refractivity contribution in [3.8, 4) is 0 Å². The number of nitrogens with one attached hydrogen (secondary N) is 1. The van der Waals surface area contributed by atoms with Crippen molar-refractivity contribution in [2.24, 2.45) is 0 Å². The first-order valence-electron chi connectivity index (χ1n) is 5.01. The Morgan fingerprint density at radius 3 is 2.37 bits per heavy atom. The fraction of sp³-hybridized carbons (Fsp3) is 0. The van der Waals surface area contributed by atoms with E-state index in [9.17, 15) is 4.79 Å². The number of benzene rings is 1. The normalized spacial score (nSPS) is 10.3. The molecule has 0 aliphatic carbocycles. The lowest BCUT2D eigenvalue weighted by molar-refractivity contribution is 0.102. The molecule has 1 heterocycles. The monoisotopic (exact) mass is 448 g/mol. The Kier molecular flexibility index (Phi) is 4.54. The summed E-state index contributed by atoms with van der Waals surface area (Å²) in [6.07, 6.45) is 2.73. The Labute approximate surface area is 134 Å². The Morgan fingerprint density at radius 1 is 1.16 bits per heavy atom. The van der Waals surface area contributed by atoms with Crippen LogP contribution in [0.1, 0.15) is 10.5 Å². The minimum absolute atomic E-state index is 0.154. The summed E-state index contributed by atoms with van der Waals surface area (Å²) in [7, 11) is 0. The van der Waals surface area contributed by atoms with Crippen molar-refractivity contribution in [1.82, 2.24) is 9.97 Å². The number of nitrogens with two attached hydrogens (primary N) is 1. The molecule has 0 aliphatic heterocycles. The lowest BCUT2D eigenvalue weighted by atomic mass is 10.3. The molecule has 1 aromatic heterocycles. The second-order valence-electron chi connectivity index (χ2n) is 3.53. The molecule has 0 bridgehead atoms. The van der Waals surface area contributed by atoms with Gasteiger partial charge in [-0.2, -0.15) is 0 Å². The van der Waals surface area contributed by atoms with Crippen molar-refractivity contribution in [1.29, 1.82) is 0 Å². The van der Waals surface area contributed by atoms with E-state index >= 15 is 0 Å². The molecule has 0 saturated carbocycles. The summed E-state index contributed by atoms with van der Waals surface area (Å²) in [5.74, 6) is -0.190. The highest BCUT2D eigenvalue weighted by Gasteiger charge is 2.13. The maximum absolute atomic E-state index is 12.0. The lowest BCUT2D eigenvalue weighted by Gasteiger charge is -2.10. The third-order valence-corrected chi connectivity index (χ3v) is 3.84. The Balaban J connectivity index is 2.29. The van der Waals surface area contributed by atoms with Gasteiger partial charge in [0, 0.05) is 13.4 Å². The zero-order chi connectivity index (χ0) is 14.0. The van der Waals surface area contributed by atoms with E-state index in [0.29, 0.717) is 5.69 Å². The van der Waals surface area contributed by atoms with Crippen LogP contribution >= 0.6 is 47.8 Å². The van der Waals surface area contributed by atoms with E-state index in [2.05, 4.69) is 63.1 Å². The average molecular weight is 451 g/mol. The SMILES string of the molecule is Nc1cncc(C(=O)Nc2c(Br)cc(Br)cc2Br)n1. The molecule has 0 fully saturated rings. The summed E-state index contributed by atoms with van der Waals surface area (Å²) < 4.78 is 2.35. The predicted molar refractivity (Wildman–Crippen MR) is 83.9 cm³/mol. The van der Waals surface area contributed by atoms with E-state index in [1.165, 1.54) is 12.4 Å². The van der Waals surface area contributed by atoms with E-state index in [4.69, 9.17) is 5.73 Å². The van der Waals surface area contributed by atoms with Gasteiger partial charge in [-0.05, 0) is 44.0 Å². The number of nitrogens with zero attached hydrogens (tertiary/aromatic N) is 2. The summed E-state index contributed by atoms with van der Waals surface area (Å²) in [4.78, 5) is 19.8. The van der Waals surface area contributed by atoms with Gasteiger partial charge in [0.15, 0.2) is 0 Å². The van der Waals surface area contributed by atoms with Crippen LogP contribution in [0.25, 0.3) is 0 Å². The molecular formula is C11H7Br3N4O. The van der Waals surface area contributed by atoms with Gasteiger partial charge in [-0.15, -0.1) is 0 Å². The van der Waals surface area contributed by atoms with E-state index < -0.39 is 0 Å². The first kappa shape index (κ1) is 14.4. The van der Waals surface area contributed by atoms with Crippen LogP contribution in [0.15, 0.2) is 37.9 Å². The smallest absolute Gasteiger partial charge is 0.276 e. The molecule has 0 radical (unpaired) electrons. The van der Waals surface area contributed by atoms with Crippen LogP contribution in [-0.2, 0) is 0 Å². The molecule has 0 saturated heterocycles. The zero-order valence-electron chi connectivity index (χ0n) is 9.32. The van der Waals surface area contributed by atoms with Crippen molar-refractivity contribution < 1.29 is 4.79 Å². The number of carbonyl (C=O) groups excluding carboxylic acids is 1. The van der Waals surface area contributed by atoms with Gasteiger partial charge in [-0.25, -0.2) is 4.98 Å². The van der Waals surface area contributed by atoms with Crippen molar-refractivity contribution in [3.05, 3.63) is 43.6 Å². The number of carbonyl (C=O) groups is 1. The van der Waals surface area contributed by atoms with Gasteiger partial charge in [0.05, 0.1) is 18.1 Å². The largest absolute Gasteiger partial charge is 0.382 e. The topological polar surface area (TPSA) is 80.9 Å². The number of hydrogen-bond acceptors (Lipinski definition) is 4. The average Bonchev–Trinajstić information content (AvgIpc) is 2.33. The fourth-order valence-electron chi connectivity index (χ4n) is 1.33. The number of rotatable bonds is 2. The summed E-state index contributed by atoms with van der Waals surface area (Å²) in [6, 6.07) is 3.65. The van der Waals surface area contributed by atoms with Crippen LogP contribution in [-0.4, -0.2) is 15.9 Å². The molecule has 98 valence electrons. The van der Waals surface area contributed by atoms with Crippen molar-refractivity contribution in [2.45, 2.75) is 0 Å². The molecule has 3 N–H and O–H groups in total. The molecule has 8 heteroatoms. The zero-order valence-corrected chi connectivity index (χ0v) is 14.1. The Bertz CT molecular complexity index is 625. The van der Waals surface area contributed by atoms with Gasteiger partial charge in [0.25, 0.3) is 5.91 Å². The summed E-state index contributed by atoms with van der Waals surface area (Å²) in [5.41, 5.74) is 6.25. The maximum Gasteiger partial charge on any atom is 0.276 e. The minimum Gasteiger partial charge on any atom is -0.382 e. The minimum atomic E-state index is -0.386. The van der Waals surface area contributed by atoms with Crippen molar-refractivity contribution in [3.63, 3.8) is 0 Å². The van der Waals surface area contributed by atoms with Crippen LogP contribution in [0, 0.1) is 0 Å². The van der Waals surface area contributed by atoms with Crippen LogP contribution in [0.2, 0.25) is 0 Å². The molecular weight excluding hydrogens is 444 g/mol. The number of amides is 1. The first-order chi connectivity index (χ1) is 8.97. The number of aromatic nitrogens is 2. The van der Waals surface area contributed by atoms with E-state index in [-0.39, 0.29) is 17.4 Å². The quantitative estimate of drug-likeness (QED) is 0.732. The molecule has 2 aromatic rings. The lowest BCUT2D eigenvalue weighted by Crippen LogP contribution is -2.15. The highest BCUT2D eigenvalue weighted by molar-refractivity contribution is 9.11. The van der Waals surface area contributed by atoms with Gasteiger partial charge >= 0.3 is 0 Å². The number of halogens is 3. The van der Waals surface area contributed by atoms with Crippen LogP contribution in [0.3, 0.4) is 0 Å². The van der Waals surface area contributed by atoms with E-state index in [1.54, 1.807) is 0 Å². The molecule has 1 amide bonds. The van der Waals surface area contributed by atoms with Crippen molar-refractivity contribution in [2.75, 3.05) is 11.1 Å². The molecule has 19 heavy (non-hydrogen) atoms. The third-order valence-electron chi connectivity index (χ3n) is 2.13. The van der Waals surface area contributed by atoms with Gasteiger partial charge in [-0.3, -0.25) is 9.78 Å². The number of hydrogen-bond donors (Lipinski definition) is 2. The van der Waals surface area contributed by atoms with Crippen LogP contribution in [0.5, 0.6) is 0 Å². The Hall–Kier alpha value is -0.990. The summed E-state index contributed by atoms with van der Waals surface area (Å²) in [5, 5.41) is 2.74.